The van der Waals surface area contributed by atoms with Gasteiger partial charge in [0.25, 0.3) is 0 Å². The van der Waals surface area contributed by atoms with Crippen molar-refractivity contribution in [3.05, 3.63) is 72.6 Å². The molecule has 7 heteroatoms. The lowest BCUT2D eigenvalue weighted by Gasteiger charge is -2.06. The first kappa shape index (κ1) is 19.2. The quantitative estimate of drug-likeness (QED) is 0.473. The molecule has 0 radical (unpaired) electrons. The summed E-state index contributed by atoms with van der Waals surface area (Å²) in [7, 11) is 0. The number of nitrogens with two attached hydrogens (primary N) is 1. The van der Waals surface area contributed by atoms with E-state index in [-0.39, 0.29) is 0 Å². The van der Waals surface area contributed by atoms with Gasteiger partial charge in [-0.2, -0.15) is 10.4 Å². The normalized spacial score (nSPS) is 11.4. The summed E-state index contributed by atoms with van der Waals surface area (Å²) in [6.45, 7) is 2.37. The Morgan fingerprint density at radius 1 is 1.10 bits per heavy atom. The number of para-hydroxylation sites is 1. The lowest BCUT2D eigenvalue weighted by Crippen LogP contribution is -2.03. The van der Waals surface area contributed by atoms with Gasteiger partial charge in [-0.3, -0.25) is 0 Å². The van der Waals surface area contributed by atoms with Crippen molar-refractivity contribution in [2.75, 3.05) is 5.73 Å². The van der Waals surface area contributed by atoms with E-state index in [1.165, 1.54) is 6.33 Å². The summed E-state index contributed by atoms with van der Waals surface area (Å²) in [6, 6.07) is 19.4. The van der Waals surface area contributed by atoms with Crippen molar-refractivity contribution < 1.29 is 4.74 Å². The van der Waals surface area contributed by atoms with Crippen LogP contribution in [0.3, 0.4) is 0 Å². The van der Waals surface area contributed by atoms with Crippen molar-refractivity contribution in [3.63, 3.8) is 0 Å². The number of aromatic nitrogens is 4. The average Bonchev–Trinajstić information content (AvgIpc) is 3.16. The van der Waals surface area contributed by atoms with E-state index in [1.54, 1.807) is 10.8 Å². The van der Waals surface area contributed by atoms with Crippen LogP contribution in [0.5, 0.6) is 11.5 Å². The Balaban J connectivity index is 1.67. The molecule has 2 heterocycles. The molecule has 0 spiro atoms. The van der Waals surface area contributed by atoms with Crippen molar-refractivity contribution >= 4 is 16.9 Å². The van der Waals surface area contributed by atoms with Crippen molar-refractivity contribution in [3.8, 4) is 28.8 Å². The number of aryl methyl sites for hydroxylation is 1. The Morgan fingerprint density at radius 2 is 1.83 bits per heavy atom. The second-order valence-corrected chi connectivity index (χ2v) is 6.64. The van der Waals surface area contributed by atoms with Crippen molar-refractivity contribution in [1.29, 1.82) is 5.26 Å². The number of nitrogen functional groups attached to an aromatic ring is 1. The number of benzene rings is 2. The van der Waals surface area contributed by atoms with E-state index in [0.717, 1.165) is 17.1 Å². The Bertz CT molecular complexity index is 1240. The summed E-state index contributed by atoms with van der Waals surface area (Å²) in [4.78, 5) is 8.51. The summed E-state index contributed by atoms with van der Waals surface area (Å²) in [5.41, 5.74) is 9.09. The predicted molar refractivity (Wildman–Crippen MR) is 116 cm³/mol. The molecule has 2 aromatic heterocycles. The number of allylic oxidation sites excluding steroid dienone is 2. The van der Waals surface area contributed by atoms with Gasteiger partial charge in [-0.15, -0.1) is 0 Å². The molecule has 0 saturated carbocycles. The summed E-state index contributed by atoms with van der Waals surface area (Å²) in [5, 5.41) is 14.6. The van der Waals surface area contributed by atoms with E-state index >= 15 is 0 Å². The van der Waals surface area contributed by atoms with Gasteiger partial charge in [0.2, 0.25) is 0 Å². The largest absolute Gasteiger partial charge is 0.457 e. The summed E-state index contributed by atoms with van der Waals surface area (Å²) >= 11 is 0. The standard InChI is InChI=1S/C23H20N6O/c1-2-16(14-24)12-13-29-23-20(22(25)26-15-27-23)21(28-29)17-8-10-19(11-9-17)30-18-6-4-3-5-7-18/h2-11,15H,12-13H2,1H3,(H2,25,26,27). The second kappa shape index (κ2) is 8.45. The highest BCUT2D eigenvalue weighted by molar-refractivity contribution is 5.98. The van der Waals surface area contributed by atoms with Crippen LogP contribution in [-0.2, 0) is 6.54 Å². The topological polar surface area (TPSA) is 103 Å². The molecular weight excluding hydrogens is 376 g/mol. The van der Waals surface area contributed by atoms with Crippen LogP contribution in [0, 0.1) is 11.3 Å². The molecule has 7 nitrogen and oxygen atoms in total. The van der Waals surface area contributed by atoms with Crippen LogP contribution in [0.1, 0.15) is 13.3 Å². The molecular formula is C23H20N6O. The van der Waals surface area contributed by atoms with Crippen molar-refractivity contribution in [1.82, 2.24) is 19.7 Å². The number of anilines is 1. The Labute approximate surface area is 174 Å². The Kier molecular flexibility index (Phi) is 5.39. The molecule has 4 rings (SSSR count). The highest BCUT2D eigenvalue weighted by Gasteiger charge is 2.17. The van der Waals surface area contributed by atoms with Gasteiger partial charge in [-0.05, 0) is 43.3 Å². The minimum absolute atomic E-state index is 0.373. The van der Waals surface area contributed by atoms with Crippen LogP contribution in [0.25, 0.3) is 22.3 Å². The minimum Gasteiger partial charge on any atom is -0.457 e. The average molecular weight is 396 g/mol. The molecule has 0 fully saturated rings. The molecule has 4 aromatic rings. The van der Waals surface area contributed by atoms with Crippen LogP contribution in [-0.4, -0.2) is 19.7 Å². The lowest BCUT2D eigenvalue weighted by atomic mass is 10.1. The number of rotatable bonds is 6. The van der Waals surface area contributed by atoms with Gasteiger partial charge in [-0.25, -0.2) is 14.6 Å². The smallest absolute Gasteiger partial charge is 0.163 e. The van der Waals surface area contributed by atoms with Gasteiger partial charge in [0, 0.05) is 24.1 Å². The molecule has 0 aliphatic heterocycles. The van der Waals surface area contributed by atoms with Crippen LogP contribution in [0.4, 0.5) is 5.82 Å². The van der Waals surface area contributed by atoms with Gasteiger partial charge in [0.1, 0.15) is 29.3 Å². The van der Waals surface area contributed by atoms with E-state index in [1.807, 2.05) is 61.5 Å². The van der Waals surface area contributed by atoms with Gasteiger partial charge in [-0.1, -0.05) is 24.3 Å². The minimum atomic E-state index is 0.373. The summed E-state index contributed by atoms with van der Waals surface area (Å²) in [6.07, 6.45) is 3.80. The number of ether oxygens (including phenoxy) is 1. The van der Waals surface area contributed by atoms with Crippen LogP contribution < -0.4 is 10.5 Å². The fourth-order valence-electron chi connectivity index (χ4n) is 3.18. The molecule has 0 bridgehead atoms. The van der Waals surface area contributed by atoms with Gasteiger partial charge < -0.3 is 10.5 Å². The van der Waals surface area contributed by atoms with E-state index < -0.39 is 0 Å². The third-order valence-electron chi connectivity index (χ3n) is 4.75. The zero-order chi connectivity index (χ0) is 20.9. The van der Waals surface area contributed by atoms with Gasteiger partial charge >= 0.3 is 0 Å². The maximum absolute atomic E-state index is 9.17. The molecule has 0 unspecified atom stereocenters. The summed E-state index contributed by atoms with van der Waals surface area (Å²) < 4.78 is 7.64. The fourth-order valence-corrected chi connectivity index (χ4v) is 3.18. The van der Waals surface area contributed by atoms with Crippen molar-refractivity contribution in [2.24, 2.45) is 0 Å². The highest BCUT2D eigenvalue weighted by Crippen LogP contribution is 2.32. The maximum Gasteiger partial charge on any atom is 0.163 e. The predicted octanol–water partition coefficient (Wildman–Crippen LogP) is 4.73. The number of hydrogen-bond acceptors (Lipinski definition) is 6. The first-order chi connectivity index (χ1) is 14.7. The monoisotopic (exact) mass is 396 g/mol. The van der Waals surface area contributed by atoms with Crippen LogP contribution >= 0.6 is 0 Å². The maximum atomic E-state index is 9.17. The summed E-state index contributed by atoms with van der Waals surface area (Å²) in [5.74, 6) is 1.87. The third kappa shape index (κ3) is 3.84. The number of nitrogens with zero attached hydrogens (tertiary/aromatic N) is 5. The van der Waals surface area contributed by atoms with Crippen molar-refractivity contribution in [2.45, 2.75) is 19.9 Å². The zero-order valence-corrected chi connectivity index (χ0v) is 16.5. The lowest BCUT2D eigenvalue weighted by molar-refractivity contribution is 0.483. The number of nitriles is 1. The Morgan fingerprint density at radius 3 is 2.53 bits per heavy atom. The highest BCUT2D eigenvalue weighted by atomic mass is 16.5. The van der Waals surface area contributed by atoms with Crippen LogP contribution in [0.2, 0.25) is 0 Å². The SMILES string of the molecule is CC=C(C#N)CCn1nc(-c2ccc(Oc3ccccc3)cc2)c2c(N)ncnc21. The zero-order valence-electron chi connectivity index (χ0n) is 16.5. The first-order valence-electron chi connectivity index (χ1n) is 9.55. The molecule has 148 valence electrons. The second-order valence-electron chi connectivity index (χ2n) is 6.64. The third-order valence-corrected chi connectivity index (χ3v) is 4.75. The van der Waals surface area contributed by atoms with E-state index in [9.17, 15) is 5.26 Å². The van der Waals surface area contributed by atoms with E-state index in [0.29, 0.717) is 41.1 Å². The Hall–Kier alpha value is -4.18. The first-order valence-corrected chi connectivity index (χ1v) is 9.55. The van der Waals surface area contributed by atoms with Crippen LogP contribution in [0.15, 0.2) is 72.6 Å². The fraction of sp³-hybridized carbons (Fsp3) is 0.130. The molecule has 30 heavy (non-hydrogen) atoms. The number of hydrogen-bond donors (Lipinski definition) is 1. The number of fused-ring (bicyclic) bond motifs is 1. The van der Waals surface area contributed by atoms with Gasteiger partial charge in [0.05, 0.1) is 11.5 Å². The van der Waals surface area contributed by atoms with E-state index in [2.05, 4.69) is 16.0 Å². The molecule has 0 amide bonds. The molecule has 0 aliphatic carbocycles. The molecule has 2 aromatic carbocycles. The molecule has 2 N–H and O–H groups in total. The molecule has 0 atom stereocenters. The molecule has 0 aliphatic rings. The van der Waals surface area contributed by atoms with E-state index in [4.69, 9.17) is 15.6 Å². The molecule has 0 saturated heterocycles. The van der Waals surface area contributed by atoms with Gasteiger partial charge in [0.15, 0.2) is 5.65 Å².